The van der Waals surface area contributed by atoms with E-state index < -0.39 is 84.9 Å². The monoisotopic (exact) mass is 732 g/mol. The molecule has 19 nitrogen and oxygen atoms in total. The van der Waals surface area contributed by atoms with E-state index in [1.807, 2.05) is 13.0 Å². The first-order valence-corrected chi connectivity index (χ1v) is 16.7. The van der Waals surface area contributed by atoms with Crippen molar-refractivity contribution in [3.63, 3.8) is 0 Å². The van der Waals surface area contributed by atoms with Gasteiger partial charge in [-0.05, 0) is 57.6 Å². The first-order chi connectivity index (χ1) is 24.7. The average Bonchev–Trinajstić information content (AvgIpc) is 3.40. The van der Waals surface area contributed by atoms with Gasteiger partial charge in [-0.3, -0.25) is 38.4 Å². The Hall–Kier alpha value is -5.88. The number of carboxylic acid groups (broad SMARTS) is 2. The number of imide groups is 1. The molecule has 0 bridgehead atoms. The fourth-order valence-electron chi connectivity index (χ4n) is 4.77. The summed E-state index contributed by atoms with van der Waals surface area (Å²) in [6, 6.07) is 4.33. The molecule has 1 fully saturated rings. The lowest BCUT2D eigenvalue weighted by atomic mass is 10.1. The van der Waals surface area contributed by atoms with E-state index in [0.29, 0.717) is 23.5 Å². The first-order valence-electron chi connectivity index (χ1n) is 16.7. The van der Waals surface area contributed by atoms with Crippen LogP contribution in [0.25, 0.3) is 0 Å². The summed E-state index contributed by atoms with van der Waals surface area (Å²) in [6.45, 7) is 0.884. The van der Waals surface area contributed by atoms with Gasteiger partial charge >= 0.3 is 17.9 Å². The minimum atomic E-state index is -1.40. The van der Waals surface area contributed by atoms with Gasteiger partial charge in [0.15, 0.2) is 0 Å². The van der Waals surface area contributed by atoms with Crippen LogP contribution in [0, 0.1) is 6.92 Å². The molecule has 1 saturated heterocycles. The van der Waals surface area contributed by atoms with Crippen LogP contribution in [-0.4, -0.2) is 106 Å². The van der Waals surface area contributed by atoms with E-state index in [1.165, 1.54) is 0 Å². The maximum Gasteiger partial charge on any atom is 0.333 e. The highest BCUT2D eigenvalue weighted by Crippen LogP contribution is 2.13. The Bertz CT molecular complexity index is 1500. The summed E-state index contributed by atoms with van der Waals surface area (Å²) in [6.07, 6.45) is -0.0326. The minimum Gasteiger partial charge on any atom is -0.481 e. The lowest BCUT2D eigenvalue weighted by molar-refractivity contribution is -0.197. The van der Waals surface area contributed by atoms with Crippen LogP contribution in [0.3, 0.4) is 0 Å². The zero-order valence-electron chi connectivity index (χ0n) is 28.7. The summed E-state index contributed by atoms with van der Waals surface area (Å²) in [5.74, 6) is -8.08. The molecule has 7 N–H and O–H groups in total. The second-order valence-corrected chi connectivity index (χ2v) is 11.9. The van der Waals surface area contributed by atoms with E-state index in [9.17, 15) is 53.1 Å². The van der Waals surface area contributed by atoms with Crippen LogP contribution in [0.15, 0.2) is 24.3 Å². The van der Waals surface area contributed by atoms with E-state index in [1.54, 1.807) is 18.2 Å². The molecule has 0 saturated carbocycles. The van der Waals surface area contributed by atoms with Crippen molar-refractivity contribution in [2.45, 2.75) is 89.6 Å². The quantitative estimate of drug-likeness (QED) is 0.0537. The van der Waals surface area contributed by atoms with Gasteiger partial charge in [-0.2, -0.15) is 0 Å². The summed E-state index contributed by atoms with van der Waals surface area (Å²) >= 11 is 0. The van der Waals surface area contributed by atoms with E-state index in [0.717, 1.165) is 5.56 Å². The normalized spacial score (nSPS) is 13.4. The van der Waals surface area contributed by atoms with Crippen molar-refractivity contribution >= 4 is 59.3 Å². The summed E-state index contributed by atoms with van der Waals surface area (Å²) in [5, 5.41) is 30.9. The molecule has 284 valence electrons. The number of carbonyl (C=O) groups excluding carboxylic acids is 8. The van der Waals surface area contributed by atoms with E-state index in [4.69, 9.17) is 9.94 Å². The number of carboxylic acids is 2. The fourth-order valence-corrected chi connectivity index (χ4v) is 4.77. The van der Waals surface area contributed by atoms with E-state index in [2.05, 4.69) is 26.6 Å². The molecule has 1 aromatic rings. The maximum atomic E-state index is 12.7. The number of hydroxylamine groups is 2. The third-order valence-corrected chi connectivity index (χ3v) is 7.52. The molecule has 2 unspecified atom stereocenters. The number of rotatable bonds is 23. The van der Waals surface area contributed by atoms with Gasteiger partial charge in [0, 0.05) is 44.2 Å². The summed E-state index contributed by atoms with van der Waals surface area (Å²) < 4.78 is 0. The lowest BCUT2D eigenvalue weighted by Crippen LogP contribution is -2.52. The number of nitrogens with one attached hydrogen (secondary N) is 5. The van der Waals surface area contributed by atoms with Gasteiger partial charge in [-0.25, -0.2) is 9.59 Å². The molecule has 2 atom stereocenters. The van der Waals surface area contributed by atoms with Gasteiger partial charge in [0.25, 0.3) is 17.7 Å². The predicted molar refractivity (Wildman–Crippen MR) is 177 cm³/mol. The third-order valence-electron chi connectivity index (χ3n) is 7.52. The van der Waals surface area contributed by atoms with Gasteiger partial charge in [-0.15, -0.1) is 5.06 Å². The molecule has 2 rings (SSSR count). The van der Waals surface area contributed by atoms with Crippen LogP contribution in [-0.2, 0) is 48.0 Å². The summed E-state index contributed by atoms with van der Waals surface area (Å²) in [5.41, 5.74) is 1.42. The summed E-state index contributed by atoms with van der Waals surface area (Å²) in [7, 11) is 0. The van der Waals surface area contributed by atoms with E-state index >= 15 is 0 Å². The molecule has 7 amide bonds. The fraction of sp³-hybridized carbons (Fsp3) is 0.515. The second-order valence-electron chi connectivity index (χ2n) is 11.9. The van der Waals surface area contributed by atoms with Gasteiger partial charge < -0.3 is 41.6 Å². The molecule has 1 aliphatic heterocycles. The predicted octanol–water partition coefficient (Wildman–Crippen LogP) is -0.786. The van der Waals surface area contributed by atoms with Crippen molar-refractivity contribution in [2.24, 2.45) is 0 Å². The van der Waals surface area contributed by atoms with Crippen molar-refractivity contribution < 1.29 is 63.0 Å². The summed E-state index contributed by atoms with van der Waals surface area (Å²) in [4.78, 5) is 124. The van der Waals surface area contributed by atoms with Gasteiger partial charge in [0.2, 0.25) is 23.6 Å². The molecule has 0 aliphatic carbocycles. The van der Waals surface area contributed by atoms with E-state index in [-0.39, 0.29) is 63.8 Å². The number of amides is 7. The smallest absolute Gasteiger partial charge is 0.333 e. The van der Waals surface area contributed by atoms with Gasteiger partial charge in [-0.1, -0.05) is 17.7 Å². The molecular weight excluding hydrogens is 688 g/mol. The van der Waals surface area contributed by atoms with Crippen LogP contribution in [0.1, 0.15) is 86.6 Å². The Morgan fingerprint density at radius 3 is 2.02 bits per heavy atom. The highest BCUT2D eigenvalue weighted by Gasteiger charge is 2.32. The largest absolute Gasteiger partial charge is 0.481 e. The number of benzene rings is 1. The van der Waals surface area contributed by atoms with Crippen molar-refractivity contribution in [3.05, 3.63) is 35.4 Å². The van der Waals surface area contributed by atoms with Gasteiger partial charge in [0.1, 0.15) is 12.1 Å². The zero-order valence-corrected chi connectivity index (χ0v) is 28.7. The number of carbonyl (C=O) groups is 10. The van der Waals surface area contributed by atoms with Crippen LogP contribution in [0.4, 0.5) is 0 Å². The Labute approximate surface area is 298 Å². The van der Waals surface area contributed by atoms with Crippen molar-refractivity contribution in [1.29, 1.82) is 0 Å². The molecule has 1 aromatic carbocycles. The zero-order chi connectivity index (χ0) is 38.6. The average molecular weight is 733 g/mol. The number of hydrogen-bond acceptors (Lipinski definition) is 11. The van der Waals surface area contributed by atoms with Crippen molar-refractivity contribution in [3.8, 4) is 0 Å². The molecule has 0 spiro atoms. The highest BCUT2D eigenvalue weighted by molar-refractivity contribution is 6.01. The Kier molecular flexibility index (Phi) is 17.9. The number of aryl methyl sites for hydroxylation is 1. The number of aliphatic carboxylic acids is 2. The van der Waals surface area contributed by atoms with Crippen LogP contribution < -0.4 is 26.6 Å². The SMILES string of the molecule is Cc1cccc(C(=O)NCCCCC(NC(=O)CNC(=O)C(CCC(=O)O)NC(=O)CNC(=O)CCCCC(=O)ON2C(=O)CCC2=O)C(=O)O)c1. The Morgan fingerprint density at radius 1 is 0.750 bits per heavy atom. The van der Waals surface area contributed by atoms with Crippen molar-refractivity contribution in [2.75, 3.05) is 19.6 Å². The second kappa shape index (κ2) is 22.0. The molecular formula is C33H44N6O13. The number of nitrogens with zero attached hydrogens (tertiary/aromatic N) is 1. The number of unbranched alkanes of at least 4 members (excludes halogenated alkanes) is 2. The van der Waals surface area contributed by atoms with Crippen LogP contribution >= 0.6 is 0 Å². The molecule has 1 heterocycles. The standard InChI is InChI=1S/C33H44N6O13/c1-20-7-6-8-21(17-20)31(48)34-16-5-4-9-23(33(50)51)38-26(42)19-36-32(49)22(12-15-29(45)46)37-25(41)18-35-24(40)10-2-3-11-30(47)52-39-27(43)13-14-28(39)44/h6-8,17,22-23H,2-5,9-16,18-19H2,1H3,(H,34,48)(H,35,40)(H,36,49)(H,37,41)(H,38,42)(H,45,46)(H,50,51). The molecule has 0 radical (unpaired) electrons. The lowest BCUT2D eigenvalue weighted by Gasteiger charge is -2.19. The van der Waals surface area contributed by atoms with Crippen LogP contribution in [0.5, 0.6) is 0 Å². The molecule has 0 aromatic heterocycles. The third kappa shape index (κ3) is 16.2. The molecule has 19 heteroatoms. The highest BCUT2D eigenvalue weighted by atomic mass is 16.7. The minimum absolute atomic E-state index is 0.0357. The first kappa shape index (κ1) is 42.3. The maximum absolute atomic E-state index is 12.7. The van der Waals surface area contributed by atoms with Crippen LogP contribution in [0.2, 0.25) is 0 Å². The van der Waals surface area contributed by atoms with Crippen molar-refractivity contribution in [1.82, 2.24) is 31.6 Å². The molecule has 52 heavy (non-hydrogen) atoms. The van der Waals surface area contributed by atoms with Gasteiger partial charge in [0.05, 0.1) is 13.1 Å². The Morgan fingerprint density at radius 2 is 1.38 bits per heavy atom. The number of hydrogen-bond donors (Lipinski definition) is 7. The Balaban J connectivity index is 1.71. The topological polar surface area (TPSA) is 284 Å². The molecule has 1 aliphatic rings.